The Hall–Kier alpha value is -3.65. The SMILES string of the molecule is Cc1ccc(CN(C(=O)CCCN(c2cccc(C)c2)S(C)(=O)=O)[C@@H](Cc2ccccc2)C(=O)NC(C)(C)C)cc1. The summed E-state index contributed by atoms with van der Waals surface area (Å²) in [4.78, 5) is 29.3. The van der Waals surface area contributed by atoms with E-state index in [0.717, 1.165) is 22.3 Å². The predicted molar refractivity (Wildman–Crippen MR) is 166 cm³/mol. The fourth-order valence-corrected chi connectivity index (χ4v) is 5.64. The molecule has 0 aliphatic carbocycles. The highest BCUT2D eigenvalue weighted by Crippen LogP contribution is 2.21. The van der Waals surface area contributed by atoms with Gasteiger partial charge in [0.2, 0.25) is 21.8 Å². The van der Waals surface area contributed by atoms with Gasteiger partial charge >= 0.3 is 0 Å². The van der Waals surface area contributed by atoms with Gasteiger partial charge < -0.3 is 10.2 Å². The second kappa shape index (κ2) is 13.8. The molecule has 3 rings (SSSR count). The smallest absolute Gasteiger partial charge is 0.243 e. The van der Waals surface area contributed by atoms with E-state index in [-0.39, 0.29) is 31.3 Å². The summed E-state index contributed by atoms with van der Waals surface area (Å²) >= 11 is 0. The van der Waals surface area contributed by atoms with Gasteiger partial charge in [-0.15, -0.1) is 0 Å². The quantitative estimate of drug-likeness (QED) is 0.312. The van der Waals surface area contributed by atoms with E-state index in [9.17, 15) is 18.0 Å². The highest BCUT2D eigenvalue weighted by atomic mass is 32.2. The first kappa shape index (κ1) is 31.9. The van der Waals surface area contributed by atoms with Crippen LogP contribution in [-0.4, -0.2) is 49.5 Å². The zero-order valence-electron chi connectivity index (χ0n) is 25.1. The number of carbonyl (C=O) groups excluding carboxylic acids is 2. The summed E-state index contributed by atoms with van der Waals surface area (Å²) in [6.07, 6.45) is 1.94. The number of benzene rings is 3. The molecule has 0 spiro atoms. The zero-order chi connectivity index (χ0) is 30.2. The minimum absolute atomic E-state index is 0.0950. The molecule has 0 aliphatic rings. The van der Waals surface area contributed by atoms with E-state index in [1.165, 1.54) is 10.6 Å². The normalized spacial score (nSPS) is 12.4. The van der Waals surface area contributed by atoms with Gasteiger partial charge in [0, 0.05) is 31.5 Å². The molecule has 0 unspecified atom stereocenters. The van der Waals surface area contributed by atoms with E-state index in [4.69, 9.17) is 0 Å². The average molecular weight is 578 g/mol. The van der Waals surface area contributed by atoms with Crippen molar-refractivity contribution in [2.45, 2.75) is 72.0 Å². The number of amides is 2. The molecule has 0 bridgehead atoms. The van der Waals surface area contributed by atoms with Crippen LogP contribution in [0.5, 0.6) is 0 Å². The Kier molecular flexibility index (Phi) is 10.7. The van der Waals surface area contributed by atoms with Gasteiger partial charge in [-0.2, -0.15) is 0 Å². The summed E-state index contributed by atoms with van der Waals surface area (Å²) in [7, 11) is -3.55. The molecular formula is C33H43N3O4S. The minimum atomic E-state index is -3.55. The van der Waals surface area contributed by atoms with Crippen LogP contribution < -0.4 is 9.62 Å². The standard InChI is InChI=1S/C33H43N3O4S/c1-25-17-19-28(20-18-25)24-35(30(32(38)34-33(3,4)5)23-27-13-8-7-9-14-27)31(37)16-11-21-36(41(6,39)40)29-15-10-12-26(2)22-29/h7-10,12-15,17-20,22,30H,11,16,21,23-24H2,1-6H3,(H,34,38)/t30-/m0/s1. The van der Waals surface area contributed by atoms with Gasteiger partial charge in [0.1, 0.15) is 6.04 Å². The van der Waals surface area contributed by atoms with Gasteiger partial charge in [0.05, 0.1) is 11.9 Å². The van der Waals surface area contributed by atoms with Crippen LogP contribution in [0.3, 0.4) is 0 Å². The number of hydrogen-bond donors (Lipinski definition) is 1. The maximum absolute atomic E-state index is 13.9. The van der Waals surface area contributed by atoms with Crippen LogP contribution >= 0.6 is 0 Å². The van der Waals surface area contributed by atoms with E-state index in [0.29, 0.717) is 18.5 Å². The Morgan fingerprint density at radius 3 is 2.10 bits per heavy atom. The molecule has 220 valence electrons. The molecule has 0 saturated heterocycles. The summed E-state index contributed by atoms with van der Waals surface area (Å²) in [5.41, 5.74) is 4.02. The first-order valence-corrected chi connectivity index (χ1v) is 15.8. The van der Waals surface area contributed by atoms with E-state index in [2.05, 4.69) is 5.32 Å². The fraction of sp³-hybridized carbons (Fsp3) is 0.394. The number of rotatable bonds is 12. The van der Waals surface area contributed by atoms with Gasteiger partial charge in [-0.05, 0) is 69.9 Å². The number of aryl methyl sites for hydroxylation is 2. The van der Waals surface area contributed by atoms with E-state index < -0.39 is 21.6 Å². The number of nitrogens with one attached hydrogen (secondary N) is 1. The van der Waals surface area contributed by atoms with Crippen LogP contribution in [0.25, 0.3) is 0 Å². The molecule has 7 nitrogen and oxygen atoms in total. The number of nitrogens with zero attached hydrogens (tertiary/aromatic N) is 2. The lowest BCUT2D eigenvalue weighted by Crippen LogP contribution is -2.54. The van der Waals surface area contributed by atoms with Crippen LogP contribution in [0.1, 0.15) is 55.9 Å². The molecule has 41 heavy (non-hydrogen) atoms. The van der Waals surface area contributed by atoms with Gasteiger partial charge in [-0.3, -0.25) is 13.9 Å². The Morgan fingerprint density at radius 1 is 0.854 bits per heavy atom. The van der Waals surface area contributed by atoms with Crippen molar-refractivity contribution in [1.82, 2.24) is 10.2 Å². The molecule has 0 radical (unpaired) electrons. The summed E-state index contributed by atoms with van der Waals surface area (Å²) < 4.78 is 26.6. The molecule has 0 fully saturated rings. The molecule has 0 aromatic heterocycles. The lowest BCUT2D eigenvalue weighted by atomic mass is 10.00. The fourth-order valence-electron chi connectivity index (χ4n) is 4.68. The molecule has 3 aromatic rings. The molecular weight excluding hydrogens is 534 g/mol. The summed E-state index contributed by atoms with van der Waals surface area (Å²) in [6, 6.07) is 24.2. The van der Waals surface area contributed by atoms with Crippen LogP contribution in [0, 0.1) is 13.8 Å². The number of anilines is 1. The molecule has 0 aliphatic heterocycles. The van der Waals surface area contributed by atoms with Gasteiger partial charge in [-0.25, -0.2) is 8.42 Å². The molecule has 0 saturated carbocycles. The van der Waals surface area contributed by atoms with Gasteiger partial charge in [0.15, 0.2) is 0 Å². The lowest BCUT2D eigenvalue weighted by molar-refractivity contribution is -0.142. The maximum Gasteiger partial charge on any atom is 0.243 e. The molecule has 3 aromatic carbocycles. The van der Waals surface area contributed by atoms with Crippen molar-refractivity contribution in [2.75, 3.05) is 17.1 Å². The van der Waals surface area contributed by atoms with Crippen molar-refractivity contribution >= 4 is 27.5 Å². The largest absolute Gasteiger partial charge is 0.350 e. The van der Waals surface area contributed by atoms with Crippen molar-refractivity contribution in [1.29, 1.82) is 0 Å². The minimum Gasteiger partial charge on any atom is -0.350 e. The second-order valence-electron chi connectivity index (χ2n) is 11.7. The van der Waals surface area contributed by atoms with Crippen molar-refractivity contribution in [3.05, 3.63) is 101 Å². The highest BCUT2D eigenvalue weighted by molar-refractivity contribution is 7.92. The first-order valence-electron chi connectivity index (χ1n) is 14.0. The Balaban J connectivity index is 1.90. The van der Waals surface area contributed by atoms with Crippen LogP contribution in [-0.2, 0) is 32.6 Å². The molecule has 1 N–H and O–H groups in total. The predicted octanol–water partition coefficient (Wildman–Crippen LogP) is 5.40. The van der Waals surface area contributed by atoms with Crippen LogP contribution in [0.15, 0.2) is 78.9 Å². The Labute approximate surface area is 245 Å². The van der Waals surface area contributed by atoms with Crippen molar-refractivity contribution in [3.8, 4) is 0 Å². The zero-order valence-corrected chi connectivity index (χ0v) is 25.9. The molecule has 8 heteroatoms. The van der Waals surface area contributed by atoms with Gasteiger partial charge in [0.25, 0.3) is 0 Å². The number of hydrogen-bond acceptors (Lipinski definition) is 4. The summed E-state index contributed by atoms with van der Waals surface area (Å²) in [5.74, 6) is -0.424. The number of sulfonamides is 1. The Bertz CT molecular complexity index is 1410. The van der Waals surface area contributed by atoms with E-state index in [1.54, 1.807) is 11.0 Å². The van der Waals surface area contributed by atoms with Crippen molar-refractivity contribution < 1.29 is 18.0 Å². The molecule has 1 atom stereocenters. The van der Waals surface area contributed by atoms with Crippen LogP contribution in [0.4, 0.5) is 5.69 Å². The molecule has 2 amide bonds. The van der Waals surface area contributed by atoms with Gasteiger partial charge in [-0.1, -0.05) is 72.3 Å². The monoisotopic (exact) mass is 577 g/mol. The third-order valence-electron chi connectivity index (χ3n) is 6.68. The highest BCUT2D eigenvalue weighted by Gasteiger charge is 2.32. The van der Waals surface area contributed by atoms with Crippen LogP contribution in [0.2, 0.25) is 0 Å². The maximum atomic E-state index is 13.9. The third kappa shape index (κ3) is 10.0. The lowest BCUT2D eigenvalue weighted by Gasteiger charge is -2.34. The van der Waals surface area contributed by atoms with Crippen molar-refractivity contribution in [3.63, 3.8) is 0 Å². The first-order chi connectivity index (χ1) is 19.2. The number of carbonyl (C=O) groups is 2. The van der Waals surface area contributed by atoms with E-state index >= 15 is 0 Å². The third-order valence-corrected chi connectivity index (χ3v) is 7.88. The Morgan fingerprint density at radius 2 is 1.51 bits per heavy atom. The summed E-state index contributed by atoms with van der Waals surface area (Å²) in [6.45, 7) is 10.1. The average Bonchev–Trinajstić information content (AvgIpc) is 2.88. The van der Waals surface area contributed by atoms with E-state index in [1.807, 2.05) is 107 Å². The topological polar surface area (TPSA) is 86.8 Å². The molecule has 0 heterocycles. The second-order valence-corrected chi connectivity index (χ2v) is 13.6. The summed E-state index contributed by atoms with van der Waals surface area (Å²) in [5, 5.41) is 3.07. The van der Waals surface area contributed by atoms with Crippen molar-refractivity contribution in [2.24, 2.45) is 0 Å².